The summed E-state index contributed by atoms with van der Waals surface area (Å²) in [6.45, 7) is 0. The fourth-order valence-corrected chi connectivity index (χ4v) is 3.80. The number of thiazole rings is 1. The minimum atomic E-state index is 0.970. The Morgan fingerprint density at radius 2 is 1.82 bits per heavy atom. The largest absolute Gasteiger partial charge is 0.378 e. The highest BCUT2D eigenvalue weighted by Crippen LogP contribution is 2.41. The zero-order chi connectivity index (χ0) is 15.1. The number of nitrogens with zero attached hydrogens (tertiary/aromatic N) is 2. The predicted molar refractivity (Wildman–Crippen MR) is 94.4 cm³/mol. The Balaban J connectivity index is 1.59. The van der Waals surface area contributed by atoms with E-state index in [1.807, 2.05) is 14.1 Å². The first-order chi connectivity index (χ1) is 10.7. The van der Waals surface area contributed by atoms with Crippen LogP contribution < -0.4 is 10.2 Å². The maximum absolute atomic E-state index is 4.78. The number of rotatable bonds is 3. The molecule has 1 N–H and O–H groups in total. The molecule has 0 radical (unpaired) electrons. The molecule has 1 aliphatic rings. The number of benzene rings is 2. The lowest BCUT2D eigenvalue weighted by Crippen LogP contribution is -2.08. The summed E-state index contributed by atoms with van der Waals surface area (Å²) in [5.41, 5.74) is 6.09. The summed E-state index contributed by atoms with van der Waals surface area (Å²) < 4.78 is 0. The highest BCUT2D eigenvalue weighted by Gasteiger charge is 2.22. The molecular weight excluding hydrogens is 290 g/mol. The van der Waals surface area contributed by atoms with E-state index in [4.69, 9.17) is 4.98 Å². The molecule has 0 bridgehead atoms. The molecule has 3 nitrogen and oxygen atoms in total. The van der Waals surface area contributed by atoms with Crippen molar-refractivity contribution in [1.82, 2.24) is 4.98 Å². The van der Waals surface area contributed by atoms with Gasteiger partial charge in [0.2, 0.25) is 0 Å². The van der Waals surface area contributed by atoms with Crippen molar-refractivity contribution in [3.05, 3.63) is 59.0 Å². The van der Waals surface area contributed by atoms with Gasteiger partial charge in [0.05, 0.1) is 5.69 Å². The van der Waals surface area contributed by atoms with Crippen LogP contribution >= 0.6 is 11.3 Å². The van der Waals surface area contributed by atoms with Gasteiger partial charge in [-0.05, 0) is 29.8 Å². The average molecular weight is 307 g/mol. The molecule has 1 aromatic heterocycles. The van der Waals surface area contributed by atoms with Crippen molar-refractivity contribution >= 4 is 27.8 Å². The molecule has 110 valence electrons. The Bertz CT molecular complexity index is 819. The molecule has 0 saturated carbocycles. The van der Waals surface area contributed by atoms with E-state index < -0.39 is 0 Å². The molecule has 0 unspecified atom stereocenters. The lowest BCUT2D eigenvalue weighted by molar-refractivity contribution is 1.13. The van der Waals surface area contributed by atoms with Gasteiger partial charge in [-0.3, -0.25) is 0 Å². The number of hydrogen-bond acceptors (Lipinski definition) is 4. The molecule has 0 fully saturated rings. The van der Waals surface area contributed by atoms with E-state index >= 15 is 0 Å². The van der Waals surface area contributed by atoms with Crippen LogP contribution in [0.4, 0.5) is 16.5 Å². The van der Waals surface area contributed by atoms with E-state index in [0.29, 0.717) is 0 Å². The third kappa shape index (κ3) is 2.25. The molecule has 0 atom stereocenters. The topological polar surface area (TPSA) is 28.2 Å². The highest BCUT2D eigenvalue weighted by molar-refractivity contribution is 7.16. The van der Waals surface area contributed by atoms with Crippen molar-refractivity contribution in [3.63, 3.8) is 0 Å². The first kappa shape index (κ1) is 13.3. The summed E-state index contributed by atoms with van der Waals surface area (Å²) in [6, 6.07) is 16.9. The van der Waals surface area contributed by atoms with E-state index in [9.17, 15) is 0 Å². The van der Waals surface area contributed by atoms with Gasteiger partial charge < -0.3 is 10.2 Å². The average Bonchev–Trinajstić information content (AvgIpc) is 3.05. The summed E-state index contributed by atoms with van der Waals surface area (Å²) in [5.74, 6) is 0. The van der Waals surface area contributed by atoms with Gasteiger partial charge in [-0.25, -0.2) is 4.98 Å². The molecule has 0 spiro atoms. The molecular formula is C18H17N3S. The summed E-state index contributed by atoms with van der Waals surface area (Å²) in [6.07, 6.45) is 1.00. The number of nitrogens with one attached hydrogen (secondary N) is 1. The van der Waals surface area contributed by atoms with E-state index in [0.717, 1.165) is 22.9 Å². The number of anilines is 3. The summed E-state index contributed by atoms with van der Waals surface area (Å²) >= 11 is 1.75. The van der Waals surface area contributed by atoms with Crippen molar-refractivity contribution in [2.75, 3.05) is 24.3 Å². The second-order valence-electron chi connectivity index (χ2n) is 5.69. The molecule has 0 aliphatic heterocycles. The lowest BCUT2D eigenvalue weighted by atomic mass is 10.1. The van der Waals surface area contributed by atoms with Crippen LogP contribution in [0.15, 0.2) is 48.5 Å². The van der Waals surface area contributed by atoms with E-state index in [1.165, 1.54) is 21.7 Å². The van der Waals surface area contributed by atoms with Crippen molar-refractivity contribution in [1.29, 1.82) is 0 Å². The summed E-state index contributed by atoms with van der Waals surface area (Å²) in [5, 5.41) is 4.39. The summed E-state index contributed by atoms with van der Waals surface area (Å²) in [7, 11) is 4.09. The van der Waals surface area contributed by atoms with Gasteiger partial charge in [-0.1, -0.05) is 24.3 Å². The maximum Gasteiger partial charge on any atom is 0.187 e. The molecule has 4 rings (SSSR count). The lowest BCUT2D eigenvalue weighted by Gasteiger charge is -2.12. The third-order valence-electron chi connectivity index (χ3n) is 3.96. The molecule has 1 heterocycles. The Hall–Kier alpha value is -2.33. The van der Waals surface area contributed by atoms with Crippen molar-refractivity contribution in [3.8, 4) is 11.3 Å². The maximum atomic E-state index is 4.78. The van der Waals surface area contributed by atoms with Crippen LogP contribution in [-0.2, 0) is 6.42 Å². The SMILES string of the molecule is CN(C)c1ccc(Nc2nc3c(s2)Cc2ccccc2-3)cc1. The van der Waals surface area contributed by atoms with E-state index in [2.05, 4.69) is 58.7 Å². The Kier molecular flexibility index (Phi) is 3.12. The molecule has 2 aromatic carbocycles. The van der Waals surface area contributed by atoms with Gasteiger partial charge in [-0.2, -0.15) is 0 Å². The quantitative estimate of drug-likeness (QED) is 0.603. The van der Waals surface area contributed by atoms with Crippen LogP contribution in [0.25, 0.3) is 11.3 Å². The zero-order valence-corrected chi connectivity index (χ0v) is 13.4. The Morgan fingerprint density at radius 3 is 2.59 bits per heavy atom. The number of hydrogen-bond donors (Lipinski definition) is 1. The first-order valence-electron chi connectivity index (χ1n) is 7.33. The van der Waals surface area contributed by atoms with Crippen LogP contribution in [-0.4, -0.2) is 19.1 Å². The van der Waals surface area contributed by atoms with Gasteiger partial charge in [0.1, 0.15) is 0 Å². The number of aromatic nitrogens is 1. The molecule has 0 saturated heterocycles. The molecule has 1 aliphatic carbocycles. The third-order valence-corrected chi connectivity index (χ3v) is 4.93. The first-order valence-corrected chi connectivity index (χ1v) is 8.15. The fraction of sp³-hybridized carbons (Fsp3) is 0.167. The highest BCUT2D eigenvalue weighted by atomic mass is 32.1. The minimum absolute atomic E-state index is 0.970. The molecule has 0 amide bonds. The molecule has 22 heavy (non-hydrogen) atoms. The van der Waals surface area contributed by atoms with Gasteiger partial charge in [0.25, 0.3) is 0 Å². The van der Waals surface area contributed by atoms with Gasteiger partial charge in [-0.15, -0.1) is 11.3 Å². The smallest absolute Gasteiger partial charge is 0.187 e. The minimum Gasteiger partial charge on any atom is -0.378 e. The van der Waals surface area contributed by atoms with Gasteiger partial charge in [0, 0.05) is 42.3 Å². The van der Waals surface area contributed by atoms with Crippen LogP contribution in [0, 0.1) is 0 Å². The van der Waals surface area contributed by atoms with Crippen LogP contribution in [0.1, 0.15) is 10.4 Å². The van der Waals surface area contributed by atoms with E-state index in [-0.39, 0.29) is 0 Å². The van der Waals surface area contributed by atoms with Crippen molar-refractivity contribution < 1.29 is 0 Å². The van der Waals surface area contributed by atoms with Gasteiger partial charge >= 0.3 is 0 Å². The zero-order valence-electron chi connectivity index (χ0n) is 12.6. The summed E-state index contributed by atoms with van der Waals surface area (Å²) in [4.78, 5) is 8.23. The Morgan fingerprint density at radius 1 is 1.05 bits per heavy atom. The number of fused-ring (bicyclic) bond motifs is 3. The predicted octanol–water partition coefficient (Wildman–Crippen LogP) is 4.52. The van der Waals surface area contributed by atoms with Crippen LogP contribution in [0.3, 0.4) is 0 Å². The monoisotopic (exact) mass is 307 g/mol. The van der Waals surface area contributed by atoms with Crippen molar-refractivity contribution in [2.24, 2.45) is 0 Å². The van der Waals surface area contributed by atoms with E-state index in [1.54, 1.807) is 11.3 Å². The second kappa shape index (κ2) is 5.14. The molecule has 4 heteroatoms. The Labute approximate surface area is 134 Å². The van der Waals surface area contributed by atoms with Gasteiger partial charge in [0.15, 0.2) is 5.13 Å². The normalized spacial score (nSPS) is 11.9. The van der Waals surface area contributed by atoms with Crippen molar-refractivity contribution in [2.45, 2.75) is 6.42 Å². The van der Waals surface area contributed by atoms with Crippen LogP contribution in [0.5, 0.6) is 0 Å². The molecule has 3 aromatic rings. The van der Waals surface area contributed by atoms with Crippen LogP contribution in [0.2, 0.25) is 0 Å². The second-order valence-corrected chi connectivity index (χ2v) is 6.77. The standard InChI is InChI=1S/C18H17N3S/c1-21(2)14-9-7-13(8-10-14)19-18-20-17-15-6-4-3-5-12(15)11-16(17)22-18/h3-10H,11H2,1-2H3,(H,19,20). The fourth-order valence-electron chi connectivity index (χ4n) is 2.78.